The van der Waals surface area contributed by atoms with Gasteiger partial charge in [0, 0.05) is 13.1 Å². The molecule has 2 aliphatic rings. The van der Waals surface area contributed by atoms with E-state index in [2.05, 4.69) is 30.3 Å². The highest BCUT2D eigenvalue weighted by molar-refractivity contribution is 5.81. The molecule has 1 aliphatic carbocycles. The summed E-state index contributed by atoms with van der Waals surface area (Å²) in [6.45, 7) is 3.31. The zero-order valence-electron chi connectivity index (χ0n) is 17.9. The molecule has 2 aromatic carbocycles. The van der Waals surface area contributed by atoms with E-state index < -0.39 is 6.04 Å². The van der Waals surface area contributed by atoms with Crippen LogP contribution in [-0.2, 0) is 11.2 Å². The first-order chi connectivity index (χ1) is 14.5. The van der Waals surface area contributed by atoms with Crippen molar-refractivity contribution in [2.24, 2.45) is 17.1 Å². The topological polar surface area (TPSA) is 46.3 Å². The van der Waals surface area contributed by atoms with Crippen molar-refractivity contribution in [2.75, 3.05) is 13.1 Å². The molecular formula is C26H33FN2O. The number of carbonyl (C=O) groups excluding carboxylic acids is 1. The Hall–Kier alpha value is -2.20. The number of halogens is 1. The van der Waals surface area contributed by atoms with Crippen LogP contribution in [-0.4, -0.2) is 29.9 Å². The molecule has 0 spiro atoms. The Morgan fingerprint density at radius 1 is 1.13 bits per heavy atom. The fourth-order valence-electron chi connectivity index (χ4n) is 5.21. The van der Waals surface area contributed by atoms with E-state index in [9.17, 15) is 9.18 Å². The smallest absolute Gasteiger partial charge is 0.239 e. The number of benzene rings is 2. The van der Waals surface area contributed by atoms with Gasteiger partial charge < -0.3 is 10.6 Å². The van der Waals surface area contributed by atoms with Gasteiger partial charge >= 0.3 is 0 Å². The Bertz CT molecular complexity index is 841. The number of hydrogen-bond acceptors (Lipinski definition) is 2. The lowest BCUT2D eigenvalue weighted by atomic mass is 9.70. The standard InChI is InChI=1S/C26H33FN2O/c1-19(28)25(30)29-15-13-26(14-16-29,18-20-7-9-23(27)10-8-20)12-11-22-17-24(22)21-5-3-2-4-6-21/h2-10,19,22,24H,11-18,28H2,1H3/t19-,22-,24?/m1/s1. The van der Waals surface area contributed by atoms with Crippen LogP contribution in [0, 0.1) is 17.2 Å². The summed E-state index contributed by atoms with van der Waals surface area (Å²) in [6, 6.07) is 17.4. The van der Waals surface area contributed by atoms with Crippen LogP contribution >= 0.6 is 0 Å². The number of nitrogens with zero attached hydrogens (tertiary/aromatic N) is 1. The van der Waals surface area contributed by atoms with Gasteiger partial charge in [0.25, 0.3) is 0 Å². The van der Waals surface area contributed by atoms with Gasteiger partial charge in [0.2, 0.25) is 5.91 Å². The van der Waals surface area contributed by atoms with E-state index in [1.807, 2.05) is 17.0 Å². The van der Waals surface area contributed by atoms with Crippen LogP contribution in [0.5, 0.6) is 0 Å². The molecule has 0 radical (unpaired) electrons. The van der Waals surface area contributed by atoms with Gasteiger partial charge in [0.1, 0.15) is 5.82 Å². The van der Waals surface area contributed by atoms with Gasteiger partial charge in [0.05, 0.1) is 6.04 Å². The lowest BCUT2D eigenvalue weighted by Crippen LogP contribution is -2.49. The van der Waals surface area contributed by atoms with E-state index in [0.717, 1.165) is 38.3 Å². The Morgan fingerprint density at radius 2 is 1.80 bits per heavy atom. The quantitative estimate of drug-likeness (QED) is 0.708. The van der Waals surface area contributed by atoms with Crippen molar-refractivity contribution in [3.05, 3.63) is 71.5 Å². The monoisotopic (exact) mass is 408 g/mol. The third kappa shape index (κ3) is 4.92. The highest BCUT2D eigenvalue weighted by atomic mass is 19.1. The van der Waals surface area contributed by atoms with Crippen molar-refractivity contribution < 1.29 is 9.18 Å². The molecule has 1 unspecified atom stereocenters. The maximum Gasteiger partial charge on any atom is 0.239 e. The van der Waals surface area contributed by atoms with Gasteiger partial charge in [-0.05, 0) is 86.0 Å². The Kier molecular flexibility index (Phi) is 6.24. The minimum atomic E-state index is -0.437. The molecule has 3 atom stereocenters. The molecule has 2 N–H and O–H groups in total. The van der Waals surface area contributed by atoms with E-state index in [1.54, 1.807) is 19.1 Å². The molecule has 2 fully saturated rings. The van der Waals surface area contributed by atoms with E-state index in [4.69, 9.17) is 5.73 Å². The number of nitrogens with two attached hydrogens (primary N) is 1. The van der Waals surface area contributed by atoms with Crippen molar-refractivity contribution in [3.63, 3.8) is 0 Å². The summed E-state index contributed by atoms with van der Waals surface area (Å²) < 4.78 is 13.4. The van der Waals surface area contributed by atoms with Gasteiger partial charge in [-0.1, -0.05) is 42.5 Å². The first-order valence-corrected chi connectivity index (χ1v) is 11.3. The van der Waals surface area contributed by atoms with Gasteiger partial charge in [-0.25, -0.2) is 4.39 Å². The summed E-state index contributed by atoms with van der Waals surface area (Å²) in [4.78, 5) is 14.3. The maximum atomic E-state index is 13.4. The number of hydrogen-bond donors (Lipinski definition) is 1. The summed E-state index contributed by atoms with van der Waals surface area (Å²) in [7, 11) is 0. The minimum absolute atomic E-state index is 0.0525. The zero-order valence-corrected chi connectivity index (χ0v) is 17.9. The lowest BCUT2D eigenvalue weighted by Gasteiger charge is -2.43. The van der Waals surface area contributed by atoms with Crippen molar-refractivity contribution in [3.8, 4) is 0 Å². The SMILES string of the molecule is C[C@@H](N)C(=O)N1CCC(CC[C@@H]2CC2c2ccccc2)(Cc2ccc(F)cc2)CC1. The second kappa shape index (κ2) is 8.89. The summed E-state index contributed by atoms with van der Waals surface area (Å²) >= 11 is 0. The average Bonchev–Trinajstić information content (AvgIpc) is 3.55. The highest BCUT2D eigenvalue weighted by Gasteiger charge is 2.42. The highest BCUT2D eigenvalue weighted by Crippen LogP contribution is 2.52. The molecule has 30 heavy (non-hydrogen) atoms. The first kappa shape index (κ1) is 21.0. The third-order valence-corrected chi connectivity index (χ3v) is 7.21. The van der Waals surface area contributed by atoms with Gasteiger partial charge in [-0.2, -0.15) is 0 Å². The second-order valence-electron chi connectivity index (χ2n) is 9.47. The summed E-state index contributed by atoms with van der Waals surface area (Å²) in [5.41, 5.74) is 8.66. The Morgan fingerprint density at radius 3 is 2.43 bits per heavy atom. The number of rotatable bonds is 7. The largest absolute Gasteiger partial charge is 0.341 e. The Balaban J connectivity index is 1.42. The molecule has 1 heterocycles. The molecule has 4 rings (SSSR count). The van der Waals surface area contributed by atoms with Crippen molar-refractivity contribution in [1.82, 2.24) is 4.90 Å². The third-order valence-electron chi connectivity index (χ3n) is 7.21. The lowest BCUT2D eigenvalue weighted by molar-refractivity contribution is -0.134. The van der Waals surface area contributed by atoms with Crippen LogP contribution in [0.2, 0.25) is 0 Å². The fourth-order valence-corrected chi connectivity index (χ4v) is 5.21. The van der Waals surface area contributed by atoms with Crippen LogP contribution < -0.4 is 5.73 Å². The predicted octanol–water partition coefficient (Wildman–Crippen LogP) is 4.91. The summed E-state index contributed by atoms with van der Waals surface area (Å²) in [5, 5.41) is 0. The van der Waals surface area contributed by atoms with Crippen molar-refractivity contribution in [2.45, 2.75) is 57.4 Å². The zero-order chi connectivity index (χ0) is 21.1. The number of piperidine rings is 1. The average molecular weight is 409 g/mol. The molecule has 1 amide bonds. The van der Waals surface area contributed by atoms with Gasteiger partial charge in [0.15, 0.2) is 0 Å². The van der Waals surface area contributed by atoms with E-state index in [-0.39, 0.29) is 17.1 Å². The van der Waals surface area contributed by atoms with Gasteiger partial charge in [-0.15, -0.1) is 0 Å². The minimum Gasteiger partial charge on any atom is -0.341 e. The Labute approximate surface area is 179 Å². The number of amides is 1. The molecule has 3 nitrogen and oxygen atoms in total. The molecule has 0 aromatic heterocycles. The second-order valence-corrected chi connectivity index (χ2v) is 9.47. The van der Waals surface area contributed by atoms with E-state index in [0.29, 0.717) is 5.92 Å². The molecule has 1 saturated carbocycles. The molecule has 1 aliphatic heterocycles. The molecular weight excluding hydrogens is 375 g/mol. The predicted molar refractivity (Wildman–Crippen MR) is 119 cm³/mol. The van der Waals surface area contributed by atoms with E-state index >= 15 is 0 Å². The van der Waals surface area contributed by atoms with Gasteiger partial charge in [-0.3, -0.25) is 4.79 Å². The van der Waals surface area contributed by atoms with Crippen molar-refractivity contribution in [1.29, 1.82) is 0 Å². The normalized spacial score (nSPS) is 23.8. The summed E-state index contributed by atoms with van der Waals surface area (Å²) in [5.74, 6) is 1.33. The van der Waals surface area contributed by atoms with Crippen LogP contribution in [0.3, 0.4) is 0 Å². The molecule has 0 bridgehead atoms. The fraction of sp³-hybridized carbons (Fsp3) is 0.500. The first-order valence-electron chi connectivity index (χ1n) is 11.3. The number of carbonyl (C=O) groups is 1. The van der Waals surface area contributed by atoms with Crippen LogP contribution in [0.25, 0.3) is 0 Å². The van der Waals surface area contributed by atoms with Crippen LogP contribution in [0.15, 0.2) is 54.6 Å². The maximum absolute atomic E-state index is 13.4. The van der Waals surface area contributed by atoms with Crippen LogP contribution in [0.1, 0.15) is 56.1 Å². The molecule has 4 heteroatoms. The van der Waals surface area contributed by atoms with E-state index in [1.165, 1.54) is 30.4 Å². The molecule has 1 saturated heterocycles. The molecule has 2 aromatic rings. The van der Waals surface area contributed by atoms with Crippen LogP contribution in [0.4, 0.5) is 4.39 Å². The summed E-state index contributed by atoms with van der Waals surface area (Å²) in [6.07, 6.45) is 6.61. The molecule has 160 valence electrons. The number of likely N-dealkylation sites (tertiary alicyclic amines) is 1. The van der Waals surface area contributed by atoms with Crippen molar-refractivity contribution >= 4 is 5.91 Å².